The van der Waals surface area contributed by atoms with E-state index < -0.39 is 0 Å². The van der Waals surface area contributed by atoms with Crippen molar-refractivity contribution in [3.05, 3.63) is 235 Å². The number of benzene rings is 9. The maximum atomic E-state index is 5.46. The Morgan fingerprint density at radius 3 is 1.78 bits per heavy atom. The van der Waals surface area contributed by atoms with E-state index >= 15 is 0 Å². The van der Waals surface area contributed by atoms with Gasteiger partial charge < -0.3 is 4.98 Å². The van der Waals surface area contributed by atoms with Gasteiger partial charge in [-0.2, -0.15) is 0 Å². The lowest BCUT2D eigenvalue weighted by atomic mass is 9.91. The molecule has 0 saturated carbocycles. The average Bonchev–Trinajstić information content (AvgIpc) is 3.82. The standard InChI is InChI=1S/C61H50N4/c1-3-42(2)38-59(48-18-8-5-9-19-48)65-60(62-41-43-30-32-45(33-31-43)44-16-6-4-7-17-44)51-22-13-21-50(40-51)54-25-15-26-55-53(24-14-27-56(54)55)47-36-34-46(35-37-47)49-20-12-23-52(39-49)61-63-57-28-10-11-29-58(57)64-61/h4-37,39-40,42H,3,38,41H2,1-2H3,(H,63,64)/t42-/m0/s1. The van der Waals surface area contributed by atoms with Crippen LogP contribution in [0.2, 0.25) is 0 Å². The molecule has 0 amide bonds. The van der Waals surface area contributed by atoms with E-state index in [1.807, 2.05) is 18.2 Å². The third-order valence-corrected chi connectivity index (χ3v) is 12.5. The highest BCUT2D eigenvalue weighted by Gasteiger charge is 2.15. The number of para-hydroxylation sites is 2. The fourth-order valence-corrected chi connectivity index (χ4v) is 8.67. The summed E-state index contributed by atoms with van der Waals surface area (Å²) in [5.74, 6) is 2.10. The van der Waals surface area contributed by atoms with Gasteiger partial charge in [0.25, 0.3) is 0 Å². The monoisotopic (exact) mass is 838 g/mol. The summed E-state index contributed by atoms with van der Waals surface area (Å²) in [4.78, 5) is 19.1. The zero-order chi connectivity index (χ0) is 44.0. The molecule has 0 saturated heterocycles. The van der Waals surface area contributed by atoms with Crippen LogP contribution >= 0.6 is 0 Å². The molecular weight excluding hydrogens is 789 g/mol. The summed E-state index contributed by atoms with van der Waals surface area (Å²) >= 11 is 0. The Hall–Kier alpha value is -7.95. The van der Waals surface area contributed by atoms with Crippen LogP contribution in [0.3, 0.4) is 0 Å². The predicted molar refractivity (Wildman–Crippen MR) is 275 cm³/mol. The number of aliphatic imine (C=N–C) groups is 2. The summed E-state index contributed by atoms with van der Waals surface area (Å²) < 4.78 is 0. The van der Waals surface area contributed by atoms with E-state index in [1.165, 1.54) is 38.6 Å². The summed E-state index contributed by atoms with van der Waals surface area (Å²) in [5, 5.41) is 2.41. The number of H-pyrrole nitrogens is 1. The third kappa shape index (κ3) is 9.11. The van der Waals surface area contributed by atoms with E-state index in [0.717, 1.165) is 80.2 Å². The lowest BCUT2D eigenvalue weighted by molar-refractivity contribution is 0.587. The highest BCUT2D eigenvalue weighted by Crippen LogP contribution is 2.36. The van der Waals surface area contributed by atoms with Crippen molar-refractivity contribution in [3.8, 4) is 55.9 Å². The highest BCUT2D eigenvalue weighted by atomic mass is 14.9. The van der Waals surface area contributed by atoms with Crippen LogP contribution in [-0.2, 0) is 6.54 Å². The van der Waals surface area contributed by atoms with Gasteiger partial charge in [0.15, 0.2) is 5.84 Å². The molecule has 10 rings (SSSR count). The lowest BCUT2D eigenvalue weighted by Gasteiger charge is -2.15. The number of rotatable bonds is 12. The van der Waals surface area contributed by atoms with E-state index in [9.17, 15) is 0 Å². The molecule has 65 heavy (non-hydrogen) atoms. The van der Waals surface area contributed by atoms with Crippen molar-refractivity contribution in [1.82, 2.24) is 9.97 Å². The first-order valence-electron chi connectivity index (χ1n) is 22.7. The van der Waals surface area contributed by atoms with Crippen LogP contribution in [0.4, 0.5) is 0 Å². The van der Waals surface area contributed by atoms with Gasteiger partial charge in [-0.05, 0) is 103 Å². The summed E-state index contributed by atoms with van der Waals surface area (Å²) in [6.45, 7) is 5.07. The molecule has 1 atom stereocenters. The second-order valence-electron chi connectivity index (χ2n) is 16.9. The van der Waals surface area contributed by atoms with Crippen molar-refractivity contribution < 1.29 is 0 Å². The van der Waals surface area contributed by atoms with Gasteiger partial charge in [-0.25, -0.2) is 9.98 Å². The smallest absolute Gasteiger partial charge is 0.155 e. The number of aromatic nitrogens is 2. The number of nitrogens with zero attached hydrogens (tertiary/aromatic N) is 3. The van der Waals surface area contributed by atoms with Gasteiger partial charge in [-0.1, -0.05) is 214 Å². The summed E-state index contributed by atoms with van der Waals surface area (Å²) in [7, 11) is 0. The first-order valence-corrected chi connectivity index (χ1v) is 22.7. The van der Waals surface area contributed by atoms with Crippen molar-refractivity contribution in [2.45, 2.75) is 33.2 Å². The second kappa shape index (κ2) is 18.8. The molecule has 10 aromatic rings. The Bertz CT molecular complexity index is 3260. The highest BCUT2D eigenvalue weighted by molar-refractivity contribution is 6.13. The molecule has 0 bridgehead atoms. The molecule has 1 aromatic heterocycles. The molecule has 0 aliphatic heterocycles. The first-order chi connectivity index (χ1) is 32.1. The minimum atomic E-state index is 0.480. The van der Waals surface area contributed by atoms with Gasteiger partial charge in [0.05, 0.1) is 23.3 Å². The maximum Gasteiger partial charge on any atom is 0.155 e. The zero-order valence-electron chi connectivity index (χ0n) is 36.8. The Morgan fingerprint density at radius 1 is 0.492 bits per heavy atom. The number of nitrogens with one attached hydrogen (secondary N) is 1. The van der Waals surface area contributed by atoms with Crippen LogP contribution in [-0.4, -0.2) is 21.5 Å². The molecule has 1 heterocycles. The normalized spacial score (nSPS) is 12.5. The summed E-state index contributed by atoms with van der Waals surface area (Å²) in [6.07, 6.45) is 1.94. The average molecular weight is 839 g/mol. The Kier molecular flexibility index (Phi) is 11.9. The molecule has 0 aliphatic rings. The SMILES string of the molecule is CC[C@H](C)CC(=NC(=NCc1ccc(-c2ccccc2)cc1)c1cccc(-c2cccc3c(-c4ccc(-c5cccc(-c6nc7ccccc7[nH]6)c5)cc4)cccc23)c1)c1ccccc1. The minimum Gasteiger partial charge on any atom is -0.338 e. The van der Waals surface area contributed by atoms with Gasteiger partial charge in [0.2, 0.25) is 0 Å². The van der Waals surface area contributed by atoms with Gasteiger partial charge in [0, 0.05) is 11.1 Å². The first kappa shape index (κ1) is 41.1. The molecule has 0 unspecified atom stereocenters. The van der Waals surface area contributed by atoms with E-state index in [4.69, 9.17) is 15.0 Å². The Labute approximate surface area is 381 Å². The molecule has 9 aromatic carbocycles. The molecule has 4 nitrogen and oxygen atoms in total. The quantitative estimate of drug-likeness (QED) is 0.0967. The third-order valence-electron chi connectivity index (χ3n) is 12.5. The van der Waals surface area contributed by atoms with E-state index in [-0.39, 0.29) is 0 Å². The van der Waals surface area contributed by atoms with Crippen molar-refractivity contribution >= 4 is 33.4 Å². The molecule has 0 aliphatic carbocycles. The van der Waals surface area contributed by atoms with Crippen molar-refractivity contribution in [1.29, 1.82) is 0 Å². The largest absolute Gasteiger partial charge is 0.338 e. The minimum absolute atomic E-state index is 0.480. The molecular formula is C61H50N4. The number of imidazole rings is 1. The molecule has 0 spiro atoms. The molecule has 314 valence electrons. The van der Waals surface area contributed by atoms with E-state index in [2.05, 4.69) is 219 Å². The number of fused-ring (bicyclic) bond motifs is 2. The van der Waals surface area contributed by atoms with Crippen molar-refractivity contribution in [2.75, 3.05) is 0 Å². The molecule has 4 heteroatoms. The van der Waals surface area contributed by atoms with E-state index in [0.29, 0.717) is 12.5 Å². The maximum absolute atomic E-state index is 5.46. The topological polar surface area (TPSA) is 53.4 Å². The Morgan fingerprint density at radius 2 is 1.05 bits per heavy atom. The number of amidine groups is 1. The van der Waals surface area contributed by atoms with Crippen LogP contribution in [0.1, 0.15) is 43.4 Å². The lowest BCUT2D eigenvalue weighted by Crippen LogP contribution is -2.11. The van der Waals surface area contributed by atoms with Crippen LogP contribution in [0.25, 0.3) is 77.7 Å². The second-order valence-corrected chi connectivity index (χ2v) is 16.9. The van der Waals surface area contributed by atoms with Crippen molar-refractivity contribution in [2.24, 2.45) is 15.9 Å². The number of hydrogen-bond acceptors (Lipinski definition) is 2. The summed E-state index contributed by atoms with van der Waals surface area (Å²) in [5.41, 5.74) is 16.8. The fourth-order valence-electron chi connectivity index (χ4n) is 8.67. The van der Waals surface area contributed by atoms with Crippen LogP contribution in [0.5, 0.6) is 0 Å². The van der Waals surface area contributed by atoms with Gasteiger partial charge >= 0.3 is 0 Å². The van der Waals surface area contributed by atoms with Crippen LogP contribution < -0.4 is 0 Å². The van der Waals surface area contributed by atoms with Crippen LogP contribution in [0, 0.1) is 5.92 Å². The zero-order valence-corrected chi connectivity index (χ0v) is 36.8. The Balaban J connectivity index is 0.983. The molecule has 0 fully saturated rings. The van der Waals surface area contributed by atoms with Gasteiger partial charge in [-0.15, -0.1) is 0 Å². The number of hydrogen-bond donors (Lipinski definition) is 1. The molecule has 0 radical (unpaired) electrons. The molecule has 1 N–H and O–H groups in total. The van der Waals surface area contributed by atoms with Crippen LogP contribution in [0.15, 0.2) is 228 Å². The van der Waals surface area contributed by atoms with E-state index in [1.54, 1.807) is 0 Å². The van der Waals surface area contributed by atoms with Crippen molar-refractivity contribution in [3.63, 3.8) is 0 Å². The fraction of sp³-hybridized carbons (Fsp3) is 0.0984. The number of aromatic amines is 1. The predicted octanol–water partition coefficient (Wildman–Crippen LogP) is 15.9. The summed E-state index contributed by atoms with van der Waals surface area (Å²) in [6, 6.07) is 77.6. The van der Waals surface area contributed by atoms with Gasteiger partial charge in [-0.3, -0.25) is 4.99 Å². The van der Waals surface area contributed by atoms with Gasteiger partial charge in [0.1, 0.15) is 5.82 Å².